The number of carbonyl (C=O) groups is 1. The Morgan fingerprint density at radius 2 is 2.07 bits per heavy atom. The summed E-state index contributed by atoms with van der Waals surface area (Å²) in [6, 6.07) is 7.05. The molecule has 0 bridgehead atoms. The molecule has 1 aliphatic heterocycles. The average Bonchev–Trinajstić information content (AvgIpc) is 2.71. The minimum absolute atomic E-state index is 0.340. The molecule has 1 saturated heterocycles. The number of carboxylic acids is 1. The third-order valence-electron chi connectivity index (χ3n) is 2.56. The van der Waals surface area contributed by atoms with Crippen molar-refractivity contribution in [2.75, 3.05) is 13.2 Å². The van der Waals surface area contributed by atoms with E-state index in [2.05, 4.69) is 0 Å². The highest BCUT2D eigenvalue weighted by Gasteiger charge is 2.17. The van der Waals surface area contributed by atoms with Gasteiger partial charge in [0, 0.05) is 12.5 Å². The largest absolute Gasteiger partial charge is 0.478 e. The van der Waals surface area contributed by atoms with Crippen molar-refractivity contribution < 1.29 is 14.6 Å². The molecule has 1 N–H and O–H groups in total. The molecule has 1 aromatic carbocycles. The number of rotatable bonds is 2. The molecule has 3 heteroatoms. The van der Waals surface area contributed by atoms with Crippen LogP contribution < -0.4 is 0 Å². The van der Waals surface area contributed by atoms with Crippen molar-refractivity contribution in [2.45, 2.75) is 12.3 Å². The summed E-state index contributed by atoms with van der Waals surface area (Å²) < 4.78 is 5.27. The molecule has 0 aromatic heterocycles. The van der Waals surface area contributed by atoms with Crippen molar-refractivity contribution in [1.29, 1.82) is 0 Å². The highest BCUT2D eigenvalue weighted by atomic mass is 16.5. The predicted molar refractivity (Wildman–Crippen MR) is 51.6 cm³/mol. The molecule has 0 radical (unpaired) electrons. The molecule has 1 aliphatic rings. The molecule has 0 saturated carbocycles. The van der Waals surface area contributed by atoms with Gasteiger partial charge in [0.1, 0.15) is 0 Å². The molecule has 0 spiro atoms. The Morgan fingerprint density at radius 3 is 2.57 bits per heavy atom. The maximum Gasteiger partial charge on any atom is 0.335 e. The summed E-state index contributed by atoms with van der Waals surface area (Å²) in [7, 11) is 0. The lowest BCUT2D eigenvalue weighted by Crippen LogP contribution is -2.00. The first-order valence-electron chi connectivity index (χ1n) is 4.68. The van der Waals surface area contributed by atoms with Crippen LogP contribution in [0, 0.1) is 0 Å². The van der Waals surface area contributed by atoms with Gasteiger partial charge in [0.05, 0.1) is 12.2 Å². The Kier molecular flexibility index (Phi) is 2.50. The fourth-order valence-electron chi connectivity index (χ4n) is 1.70. The van der Waals surface area contributed by atoms with E-state index in [1.165, 1.54) is 5.56 Å². The Morgan fingerprint density at radius 1 is 1.36 bits per heavy atom. The van der Waals surface area contributed by atoms with Crippen molar-refractivity contribution in [2.24, 2.45) is 0 Å². The lowest BCUT2D eigenvalue weighted by Gasteiger charge is -2.07. The zero-order chi connectivity index (χ0) is 9.97. The minimum atomic E-state index is -0.876. The van der Waals surface area contributed by atoms with Crippen LogP contribution in [0.15, 0.2) is 24.3 Å². The molecular formula is C11H12O3. The molecule has 3 nitrogen and oxygen atoms in total. The Balaban J connectivity index is 2.16. The van der Waals surface area contributed by atoms with Crippen LogP contribution in [0.25, 0.3) is 0 Å². The summed E-state index contributed by atoms with van der Waals surface area (Å²) in [5.74, 6) is -0.433. The van der Waals surface area contributed by atoms with E-state index in [0.717, 1.165) is 19.6 Å². The van der Waals surface area contributed by atoms with Gasteiger partial charge < -0.3 is 9.84 Å². The second-order valence-electron chi connectivity index (χ2n) is 3.49. The summed E-state index contributed by atoms with van der Waals surface area (Å²) in [6.07, 6.45) is 1.03. The molecule has 0 unspecified atom stereocenters. The van der Waals surface area contributed by atoms with E-state index in [1.54, 1.807) is 12.1 Å². The normalized spacial score (nSPS) is 21.0. The van der Waals surface area contributed by atoms with Crippen LogP contribution in [0.2, 0.25) is 0 Å². The van der Waals surface area contributed by atoms with Crippen LogP contribution in [-0.2, 0) is 4.74 Å². The lowest BCUT2D eigenvalue weighted by atomic mass is 9.97. The van der Waals surface area contributed by atoms with Gasteiger partial charge in [0.25, 0.3) is 0 Å². The van der Waals surface area contributed by atoms with Crippen molar-refractivity contribution in [1.82, 2.24) is 0 Å². The molecule has 1 heterocycles. The van der Waals surface area contributed by atoms with Crippen LogP contribution in [0.4, 0.5) is 0 Å². The summed E-state index contributed by atoms with van der Waals surface area (Å²) in [5, 5.41) is 8.72. The van der Waals surface area contributed by atoms with Crippen LogP contribution in [0.3, 0.4) is 0 Å². The van der Waals surface area contributed by atoms with Crippen LogP contribution >= 0.6 is 0 Å². The van der Waals surface area contributed by atoms with Gasteiger partial charge in [-0.25, -0.2) is 4.79 Å². The SMILES string of the molecule is O=C(O)c1ccc([C@@H]2CCOC2)cc1. The number of hydrogen-bond acceptors (Lipinski definition) is 2. The highest BCUT2D eigenvalue weighted by Crippen LogP contribution is 2.25. The van der Waals surface area contributed by atoms with Crippen LogP contribution in [0.1, 0.15) is 28.3 Å². The van der Waals surface area contributed by atoms with Crippen molar-refractivity contribution in [3.8, 4) is 0 Å². The number of aromatic carboxylic acids is 1. The Bertz CT molecular complexity index is 323. The van der Waals surface area contributed by atoms with Gasteiger partial charge in [-0.05, 0) is 24.1 Å². The second kappa shape index (κ2) is 3.80. The summed E-state index contributed by atoms with van der Waals surface area (Å²) in [4.78, 5) is 10.6. The van der Waals surface area contributed by atoms with Gasteiger partial charge in [0.2, 0.25) is 0 Å². The molecule has 2 rings (SSSR count). The van der Waals surface area contributed by atoms with Gasteiger partial charge in [-0.2, -0.15) is 0 Å². The Labute approximate surface area is 82.3 Å². The minimum Gasteiger partial charge on any atom is -0.478 e. The van der Waals surface area contributed by atoms with E-state index in [9.17, 15) is 4.79 Å². The molecule has 74 valence electrons. The van der Waals surface area contributed by atoms with Crippen LogP contribution in [-0.4, -0.2) is 24.3 Å². The topological polar surface area (TPSA) is 46.5 Å². The molecule has 0 amide bonds. The fraction of sp³-hybridized carbons (Fsp3) is 0.364. The maximum absolute atomic E-state index is 10.6. The molecule has 0 aliphatic carbocycles. The van der Waals surface area contributed by atoms with Crippen molar-refractivity contribution >= 4 is 5.97 Å². The maximum atomic E-state index is 10.6. The first-order valence-corrected chi connectivity index (χ1v) is 4.68. The van der Waals surface area contributed by atoms with E-state index in [0.29, 0.717) is 11.5 Å². The molecule has 1 aromatic rings. The van der Waals surface area contributed by atoms with E-state index in [4.69, 9.17) is 9.84 Å². The van der Waals surface area contributed by atoms with Gasteiger partial charge >= 0.3 is 5.97 Å². The summed E-state index contributed by atoms with van der Waals surface area (Å²) in [6.45, 7) is 1.57. The smallest absolute Gasteiger partial charge is 0.335 e. The van der Waals surface area contributed by atoms with E-state index in [-0.39, 0.29) is 0 Å². The second-order valence-corrected chi connectivity index (χ2v) is 3.49. The Hall–Kier alpha value is -1.35. The first-order chi connectivity index (χ1) is 6.77. The van der Waals surface area contributed by atoms with Gasteiger partial charge in [-0.15, -0.1) is 0 Å². The molecule has 1 fully saturated rings. The first kappa shape index (κ1) is 9.21. The van der Waals surface area contributed by atoms with E-state index >= 15 is 0 Å². The van der Waals surface area contributed by atoms with Gasteiger partial charge in [0.15, 0.2) is 0 Å². The highest BCUT2D eigenvalue weighted by molar-refractivity contribution is 5.87. The third-order valence-corrected chi connectivity index (χ3v) is 2.56. The predicted octanol–water partition coefficient (Wildman–Crippen LogP) is 1.89. The van der Waals surface area contributed by atoms with Crippen molar-refractivity contribution in [3.63, 3.8) is 0 Å². The number of benzene rings is 1. The number of carboxylic acid groups (broad SMARTS) is 1. The third kappa shape index (κ3) is 1.77. The van der Waals surface area contributed by atoms with Crippen LogP contribution in [0.5, 0.6) is 0 Å². The van der Waals surface area contributed by atoms with E-state index in [1.807, 2.05) is 12.1 Å². The molecule has 14 heavy (non-hydrogen) atoms. The molecular weight excluding hydrogens is 180 g/mol. The van der Waals surface area contributed by atoms with Gasteiger partial charge in [-0.3, -0.25) is 0 Å². The zero-order valence-electron chi connectivity index (χ0n) is 7.77. The number of hydrogen-bond donors (Lipinski definition) is 1. The zero-order valence-corrected chi connectivity index (χ0v) is 7.77. The average molecular weight is 192 g/mol. The number of ether oxygens (including phenoxy) is 1. The fourth-order valence-corrected chi connectivity index (χ4v) is 1.70. The monoisotopic (exact) mass is 192 g/mol. The standard InChI is InChI=1S/C11H12O3/c12-11(13)9-3-1-8(2-4-9)10-5-6-14-7-10/h1-4,10H,5-7H2,(H,12,13)/t10-/m1/s1. The summed E-state index contributed by atoms with van der Waals surface area (Å²) >= 11 is 0. The lowest BCUT2D eigenvalue weighted by molar-refractivity contribution is 0.0697. The quantitative estimate of drug-likeness (QED) is 0.778. The van der Waals surface area contributed by atoms with Crippen molar-refractivity contribution in [3.05, 3.63) is 35.4 Å². The van der Waals surface area contributed by atoms with Gasteiger partial charge in [-0.1, -0.05) is 12.1 Å². The van der Waals surface area contributed by atoms with E-state index < -0.39 is 5.97 Å². The summed E-state index contributed by atoms with van der Waals surface area (Å²) in [5.41, 5.74) is 1.51. The molecule has 1 atom stereocenters.